The number of hydrogen-bond acceptors (Lipinski definition) is 3. The Labute approximate surface area is 108 Å². The molecule has 0 aromatic heterocycles. The molecule has 5 heteroatoms. The number of hydrogen-bond donors (Lipinski definition) is 3. The number of amides is 1. The molecule has 0 bridgehead atoms. The van der Waals surface area contributed by atoms with Crippen molar-refractivity contribution in [1.82, 2.24) is 10.6 Å². The minimum Gasteiger partial charge on any atom is -0.480 e. The molecule has 0 aromatic rings. The average Bonchev–Trinajstić information content (AvgIpc) is 2.36. The molecule has 5 nitrogen and oxygen atoms in total. The van der Waals surface area contributed by atoms with Gasteiger partial charge >= 0.3 is 5.97 Å². The molecule has 1 aliphatic rings. The van der Waals surface area contributed by atoms with E-state index in [1.807, 2.05) is 0 Å². The van der Waals surface area contributed by atoms with Crippen LogP contribution in [0.5, 0.6) is 0 Å². The molecule has 0 aliphatic carbocycles. The Morgan fingerprint density at radius 1 is 1.50 bits per heavy atom. The molecule has 3 atom stereocenters. The van der Waals surface area contributed by atoms with Crippen LogP contribution in [0.15, 0.2) is 0 Å². The topological polar surface area (TPSA) is 78.4 Å². The highest BCUT2D eigenvalue weighted by molar-refractivity contribution is 5.83. The highest BCUT2D eigenvalue weighted by Gasteiger charge is 2.24. The highest BCUT2D eigenvalue weighted by Crippen LogP contribution is 2.22. The Kier molecular flexibility index (Phi) is 6.12. The second kappa shape index (κ2) is 7.36. The minimum atomic E-state index is -0.960. The molecule has 0 saturated carbocycles. The fraction of sp³-hybridized carbons (Fsp3) is 0.846. The van der Waals surface area contributed by atoms with E-state index in [9.17, 15) is 9.59 Å². The molecule has 104 valence electrons. The van der Waals surface area contributed by atoms with Crippen LogP contribution in [-0.2, 0) is 9.59 Å². The van der Waals surface area contributed by atoms with Crippen LogP contribution >= 0.6 is 0 Å². The lowest BCUT2D eigenvalue weighted by atomic mass is 9.85. The first kappa shape index (κ1) is 15.0. The van der Waals surface area contributed by atoms with Crippen molar-refractivity contribution in [1.29, 1.82) is 0 Å². The van der Waals surface area contributed by atoms with Crippen molar-refractivity contribution in [2.45, 2.75) is 45.6 Å². The normalized spacial score (nSPS) is 23.1. The molecular formula is C13H24N2O3. The molecule has 0 aromatic carbocycles. The van der Waals surface area contributed by atoms with Gasteiger partial charge in [0.2, 0.25) is 5.91 Å². The fourth-order valence-corrected chi connectivity index (χ4v) is 2.42. The number of aliphatic carboxylic acids is 1. The maximum atomic E-state index is 11.8. The molecule has 3 N–H and O–H groups in total. The third kappa shape index (κ3) is 4.64. The molecule has 2 unspecified atom stereocenters. The summed E-state index contributed by atoms with van der Waals surface area (Å²) < 4.78 is 0. The van der Waals surface area contributed by atoms with Gasteiger partial charge in [-0.1, -0.05) is 13.8 Å². The summed E-state index contributed by atoms with van der Waals surface area (Å²) in [6.07, 6.45) is 3.14. The van der Waals surface area contributed by atoms with Crippen molar-refractivity contribution in [3.8, 4) is 0 Å². The Morgan fingerprint density at radius 2 is 2.22 bits per heavy atom. The Bertz CT molecular complexity index is 288. The van der Waals surface area contributed by atoms with Crippen LogP contribution in [0, 0.1) is 11.8 Å². The average molecular weight is 256 g/mol. The molecular weight excluding hydrogens is 232 g/mol. The van der Waals surface area contributed by atoms with Gasteiger partial charge in [0.15, 0.2) is 0 Å². The maximum Gasteiger partial charge on any atom is 0.326 e. The van der Waals surface area contributed by atoms with Crippen LogP contribution in [0.1, 0.15) is 39.5 Å². The lowest BCUT2D eigenvalue weighted by molar-refractivity contribution is -0.142. The first-order chi connectivity index (χ1) is 8.54. The van der Waals surface area contributed by atoms with Crippen LogP contribution in [0.2, 0.25) is 0 Å². The van der Waals surface area contributed by atoms with Gasteiger partial charge in [-0.15, -0.1) is 0 Å². The SMILES string of the molecule is CC[C@H](NC(=O)CC(C)C1CCCNC1)C(=O)O. The van der Waals surface area contributed by atoms with E-state index < -0.39 is 12.0 Å². The molecule has 0 spiro atoms. The summed E-state index contributed by atoms with van der Waals surface area (Å²) in [6.45, 7) is 5.85. The van der Waals surface area contributed by atoms with Gasteiger partial charge in [0, 0.05) is 6.42 Å². The first-order valence-electron chi connectivity index (χ1n) is 6.77. The smallest absolute Gasteiger partial charge is 0.326 e. The zero-order valence-corrected chi connectivity index (χ0v) is 11.2. The van der Waals surface area contributed by atoms with Gasteiger partial charge in [-0.25, -0.2) is 4.79 Å². The Morgan fingerprint density at radius 3 is 2.72 bits per heavy atom. The van der Waals surface area contributed by atoms with Gasteiger partial charge in [0.1, 0.15) is 6.04 Å². The minimum absolute atomic E-state index is 0.151. The van der Waals surface area contributed by atoms with Crippen molar-refractivity contribution in [3.63, 3.8) is 0 Å². The van der Waals surface area contributed by atoms with Gasteiger partial charge in [0.05, 0.1) is 0 Å². The van der Waals surface area contributed by atoms with Crippen molar-refractivity contribution in [3.05, 3.63) is 0 Å². The molecule has 18 heavy (non-hydrogen) atoms. The molecule has 0 radical (unpaired) electrons. The van der Waals surface area contributed by atoms with Crippen molar-refractivity contribution in [2.24, 2.45) is 11.8 Å². The van der Waals surface area contributed by atoms with E-state index in [1.165, 1.54) is 0 Å². The number of carbonyl (C=O) groups excluding carboxylic acids is 1. The lowest BCUT2D eigenvalue weighted by Gasteiger charge is -2.28. The summed E-state index contributed by atoms with van der Waals surface area (Å²) in [5.74, 6) is -0.293. The fourth-order valence-electron chi connectivity index (χ4n) is 2.42. The summed E-state index contributed by atoms with van der Waals surface area (Å²) >= 11 is 0. The van der Waals surface area contributed by atoms with E-state index >= 15 is 0 Å². The number of nitrogens with one attached hydrogen (secondary N) is 2. The standard InChI is InChI=1S/C13H24N2O3/c1-3-11(13(17)18)15-12(16)7-9(2)10-5-4-6-14-8-10/h9-11,14H,3-8H2,1-2H3,(H,15,16)(H,17,18)/t9?,10?,11-/m0/s1. The van der Waals surface area contributed by atoms with Crippen LogP contribution in [0.3, 0.4) is 0 Å². The molecule has 1 rings (SSSR count). The van der Waals surface area contributed by atoms with Crippen LogP contribution in [0.25, 0.3) is 0 Å². The maximum absolute atomic E-state index is 11.8. The van der Waals surface area contributed by atoms with E-state index in [1.54, 1.807) is 6.92 Å². The van der Waals surface area contributed by atoms with Gasteiger partial charge in [-0.2, -0.15) is 0 Å². The third-order valence-corrected chi connectivity index (χ3v) is 3.69. The Balaban J connectivity index is 2.36. The largest absolute Gasteiger partial charge is 0.480 e. The molecule has 1 saturated heterocycles. The van der Waals surface area contributed by atoms with Gasteiger partial charge in [-0.3, -0.25) is 4.79 Å². The van der Waals surface area contributed by atoms with Gasteiger partial charge in [-0.05, 0) is 44.2 Å². The van der Waals surface area contributed by atoms with Crippen molar-refractivity contribution >= 4 is 11.9 Å². The van der Waals surface area contributed by atoms with Crippen molar-refractivity contribution < 1.29 is 14.7 Å². The number of carboxylic acids is 1. The Hall–Kier alpha value is -1.10. The second-order valence-corrected chi connectivity index (χ2v) is 5.15. The summed E-state index contributed by atoms with van der Waals surface area (Å²) in [5, 5.41) is 14.8. The number of piperidine rings is 1. The molecule has 1 amide bonds. The molecule has 1 aliphatic heterocycles. The zero-order chi connectivity index (χ0) is 13.5. The quantitative estimate of drug-likeness (QED) is 0.662. The summed E-state index contributed by atoms with van der Waals surface area (Å²) in [4.78, 5) is 22.6. The van der Waals surface area contributed by atoms with Crippen LogP contribution in [-0.4, -0.2) is 36.1 Å². The van der Waals surface area contributed by atoms with E-state index in [0.29, 0.717) is 24.7 Å². The van der Waals surface area contributed by atoms with E-state index in [0.717, 1.165) is 25.9 Å². The predicted molar refractivity (Wildman–Crippen MR) is 69.2 cm³/mol. The van der Waals surface area contributed by atoms with Gasteiger partial charge in [0.25, 0.3) is 0 Å². The van der Waals surface area contributed by atoms with E-state index in [-0.39, 0.29) is 5.91 Å². The van der Waals surface area contributed by atoms with Crippen LogP contribution < -0.4 is 10.6 Å². The predicted octanol–water partition coefficient (Wildman–Crippen LogP) is 0.992. The van der Waals surface area contributed by atoms with E-state index in [4.69, 9.17) is 5.11 Å². The van der Waals surface area contributed by atoms with Gasteiger partial charge < -0.3 is 15.7 Å². The summed E-state index contributed by atoms with van der Waals surface area (Å²) in [5.41, 5.74) is 0. The van der Waals surface area contributed by atoms with Crippen LogP contribution in [0.4, 0.5) is 0 Å². The zero-order valence-electron chi connectivity index (χ0n) is 11.2. The summed E-state index contributed by atoms with van der Waals surface area (Å²) in [7, 11) is 0. The first-order valence-corrected chi connectivity index (χ1v) is 6.77. The number of carboxylic acid groups (broad SMARTS) is 1. The summed E-state index contributed by atoms with van der Waals surface area (Å²) in [6, 6.07) is -0.755. The van der Waals surface area contributed by atoms with Crippen molar-refractivity contribution in [2.75, 3.05) is 13.1 Å². The number of rotatable bonds is 6. The molecule has 1 heterocycles. The molecule has 1 fully saturated rings. The monoisotopic (exact) mass is 256 g/mol. The third-order valence-electron chi connectivity index (χ3n) is 3.69. The lowest BCUT2D eigenvalue weighted by Crippen LogP contribution is -2.42. The highest BCUT2D eigenvalue weighted by atomic mass is 16.4. The second-order valence-electron chi connectivity index (χ2n) is 5.15. The van der Waals surface area contributed by atoms with E-state index in [2.05, 4.69) is 17.6 Å². The number of carbonyl (C=O) groups is 2.